The molecule has 1 heterocycles. The van der Waals surface area contributed by atoms with Crippen LogP contribution in [0.1, 0.15) is 12.8 Å². The molecular weight excluding hydrogens is 282 g/mol. The zero-order valence-corrected chi connectivity index (χ0v) is 13.4. The number of rotatable bonds is 7. The summed E-state index contributed by atoms with van der Waals surface area (Å²) in [5, 5.41) is 11.6. The first-order chi connectivity index (χ1) is 10.2. The molecule has 5 nitrogen and oxygen atoms in total. The zero-order chi connectivity index (χ0) is 15.1. The Hall–Kier alpha value is -1.79. The number of nitrogens with two attached hydrogens (primary N) is 1. The molecule has 0 aliphatic heterocycles. The molecule has 0 radical (unpaired) electrons. The van der Waals surface area contributed by atoms with Crippen LogP contribution in [0.5, 0.6) is 0 Å². The summed E-state index contributed by atoms with van der Waals surface area (Å²) in [4.78, 5) is 2.06. The van der Waals surface area contributed by atoms with E-state index in [2.05, 4.69) is 19.7 Å². The number of thiazole rings is 1. The van der Waals surface area contributed by atoms with E-state index < -0.39 is 0 Å². The molecule has 0 atom stereocenters. The van der Waals surface area contributed by atoms with Crippen molar-refractivity contribution in [1.29, 1.82) is 0 Å². The van der Waals surface area contributed by atoms with Gasteiger partial charge in [-0.05, 0) is 60.1 Å². The van der Waals surface area contributed by atoms with Crippen LogP contribution in [0.25, 0.3) is 0 Å². The Morgan fingerprint density at radius 1 is 1.14 bits per heavy atom. The normalized spacial score (nSPS) is 11.2. The Balaban J connectivity index is 2.02. The van der Waals surface area contributed by atoms with E-state index >= 15 is 0 Å². The van der Waals surface area contributed by atoms with Gasteiger partial charge >= 0.3 is 5.13 Å². The van der Waals surface area contributed by atoms with Gasteiger partial charge in [-0.1, -0.05) is 0 Å². The van der Waals surface area contributed by atoms with Gasteiger partial charge in [-0.15, -0.1) is 0 Å². The van der Waals surface area contributed by atoms with Gasteiger partial charge in [0.1, 0.15) is 11.9 Å². The van der Waals surface area contributed by atoms with Crippen LogP contribution in [0.4, 0.5) is 16.5 Å². The average molecular weight is 304 g/mol. The van der Waals surface area contributed by atoms with E-state index in [1.165, 1.54) is 0 Å². The molecule has 0 unspecified atom stereocenters. The van der Waals surface area contributed by atoms with Gasteiger partial charge in [-0.25, -0.2) is 4.57 Å². The van der Waals surface area contributed by atoms with Crippen LogP contribution in [0, 0.1) is 0 Å². The van der Waals surface area contributed by atoms with Gasteiger partial charge in [-0.2, -0.15) is 0 Å². The number of unbranched alkanes of at least 4 members (excludes halogenated alkanes) is 1. The molecule has 0 saturated carbocycles. The van der Waals surface area contributed by atoms with E-state index in [-0.39, 0.29) is 0 Å². The second-order valence-electron chi connectivity index (χ2n) is 4.99. The van der Waals surface area contributed by atoms with E-state index in [1.807, 2.05) is 49.9 Å². The number of anilines is 1. The quantitative estimate of drug-likeness (QED) is 0.485. The van der Waals surface area contributed by atoms with Crippen molar-refractivity contribution >= 4 is 27.8 Å². The van der Waals surface area contributed by atoms with Crippen LogP contribution in [0.15, 0.2) is 46.1 Å². The van der Waals surface area contributed by atoms with Crippen LogP contribution in [-0.2, 0) is 6.54 Å². The summed E-state index contributed by atoms with van der Waals surface area (Å²) in [7, 11) is 4.04. The van der Waals surface area contributed by atoms with Gasteiger partial charge in [0.2, 0.25) is 0 Å². The van der Waals surface area contributed by atoms with Gasteiger partial charge in [0.15, 0.2) is 0 Å². The average Bonchev–Trinajstić information content (AvgIpc) is 2.93. The summed E-state index contributed by atoms with van der Waals surface area (Å²) < 4.78 is 2.12. The SMILES string of the molecule is CN(C)c1ccc(/N=N/c2scc[n+]2CCCCN)cc1. The maximum atomic E-state index is 5.52. The molecule has 0 aliphatic rings. The molecule has 2 N–H and O–H groups in total. The first-order valence-electron chi connectivity index (χ1n) is 7.07. The van der Waals surface area contributed by atoms with Crippen molar-refractivity contribution in [2.24, 2.45) is 16.0 Å². The van der Waals surface area contributed by atoms with E-state index in [1.54, 1.807) is 11.3 Å². The largest absolute Gasteiger partial charge is 0.408 e. The Bertz CT molecular complexity index is 574. The highest BCUT2D eigenvalue weighted by atomic mass is 32.1. The molecule has 1 aromatic carbocycles. The van der Waals surface area contributed by atoms with Gasteiger partial charge in [0, 0.05) is 25.2 Å². The zero-order valence-electron chi connectivity index (χ0n) is 12.6. The van der Waals surface area contributed by atoms with E-state index in [4.69, 9.17) is 5.73 Å². The van der Waals surface area contributed by atoms with Crippen LogP contribution in [-0.4, -0.2) is 20.6 Å². The van der Waals surface area contributed by atoms with Gasteiger partial charge in [0.05, 0.1) is 11.7 Å². The van der Waals surface area contributed by atoms with Gasteiger partial charge < -0.3 is 10.6 Å². The van der Waals surface area contributed by atoms with Crippen molar-refractivity contribution in [3.8, 4) is 0 Å². The van der Waals surface area contributed by atoms with E-state index in [9.17, 15) is 0 Å². The number of aryl methyl sites for hydroxylation is 1. The van der Waals surface area contributed by atoms with Crippen molar-refractivity contribution in [1.82, 2.24) is 0 Å². The van der Waals surface area contributed by atoms with E-state index in [0.29, 0.717) is 0 Å². The number of hydrogen-bond acceptors (Lipinski definition) is 5. The Morgan fingerprint density at radius 2 is 1.90 bits per heavy atom. The van der Waals surface area contributed by atoms with Crippen molar-refractivity contribution in [2.45, 2.75) is 19.4 Å². The molecule has 21 heavy (non-hydrogen) atoms. The predicted molar refractivity (Wildman–Crippen MR) is 87.7 cm³/mol. The van der Waals surface area contributed by atoms with Crippen LogP contribution in [0.2, 0.25) is 0 Å². The molecule has 112 valence electrons. The second kappa shape index (κ2) is 7.85. The van der Waals surface area contributed by atoms with Gasteiger partial charge in [-0.3, -0.25) is 0 Å². The van der Waals surface area contributed by atoms with Crippen LogP contribution >= 0.6 is 11.3 Å². The molecule has 6 heteroatoms. The highest BCUT2D eigenvalue weighted by Gasteiger charge is 2.11. The molecule has 1 aromatic heterocycles. The topological polar surface area (TPSA) is 57.9 Å². The lowest BCUT2D eigenvalue weighted by molar-refractivity contribution is -0.680. The molecular formula is C15H22N5S+. The highest BCUT2D eigenvalue weighted by molar-refractivity contribution is 7.12. The minimum absolute atomic E-state index is 0.736. The second-order valence-corrected chi connectivity index (χ2v) is 5.86. The number of hydrogen-bond donors (Lipinski definition) is 1. The fraction of sp³-hybridized carbons (Fsp3) is 0.400. The lowest BCUT2D eigenvalue weighted by Crippen LogP contribution is -2.31. The molecule has 0 bridgehead atoms. The molecule has 0 fully saturated rings. The third-order valence-corrected chi connectivity index (χ3v) is 3.91. The highest BCUT2D eigenvalue weighted by Crippen LogP contribution is 2.21. The Morgan fingerprint density at radius 3 is 2.57 bits per heavy atom. The third-order valence-electron chi connectivity index (χ3n) is 3.13. The summed E-state index contributed by atoms with van der Waals surface area (Å²) in [6.45, 7) is 1.67. The summed E-state index contributed by atoms with van der Waals surface area (Å²) in [5.41, 5.74) is 7.54. The number of aromatic nitrogens is 1. The molecule has 2 rings (SSSR count). The van der Waals surface area contributed by atoms with Crippen molar-refractivity contribution in [3.63, 3.8) is 0 Å². The molecule has 0 aliphatic carbocycles. The molecule has 0 amide bonds. The first kappa shape index (κ1) is 15.6. The fourth-order valence-corrected chi connectivity index (χ4v) is 2.60. The number of benzene rings is 1. The lowest BCUT2D eigenvalue weighted by Gasteiger charge is -2.11. The molecule has 0 saturated heterocycles. The van der Waals surface area contributed by atoms with E-state index in [0.717, 1.165) is 42.4 Å². The van der Waals surface area contributed by atoms with Crippen LogP contribution in [0.3, 0.4) is 0 Å². The van der Waals surface area contributed by atoms with Crippen molar-refractivity contribution in [3.05, 3.63) is 35.8 Å². The van der Waals surface area contributed by atoms with Crippen LogP contribution < -0.4 is 15.2 Å². The first-order valence-corrected chi connectivity index (χ1v) is 7.95. The maximum absolute atomic E-state index is 5.52. The summed E-state index contributed by atoms with van der Waals surface area (Å²) in [6, 6.07) is 8.03. The molecule has 2 aromatic rings. The van der Waals surface area contributed by atoms with Crippen molar-refractivity contribution < 1.29 is 4.57 Å². The fourth-order valence-electron chi connectivity index (χ4n) is 1.89. The number of azo groups is 1. The summed E-state index contributed by atoms with van der Waals surface area (Å²) >= 11 is 1.60. The Kier molecular flexibility index (Phi) is 5.83. The molecule has 0 spiro atoms. The number of nitrogens with zero attached hydrogens (tertiary/aromatic N) is 4. The van der Waals surface area contributed by atoms with Gasteiger partial charge in [0.25, 0.3) is 0 Å². The standard InChI is InChI=1S/C15H22N5S/c1-19(2)14-7-5-13(6-8-14)17-18-15-20(11-12-21-15)10-4-3-9-16/h5-8,11-12H,3-4,9-10,16H2,1-2H3/q+1. The van der Waals surface area contributed by atoms with Crippen molar-refractivity contribution in [2.75, 3.05) is 25.5 Å². The monoisotopic (exact) mass is 304 g/mol. The minimum atomic E-state index is 0.736. The third kappa shape index (κ3) is 4.61. The summed E-state index contributed by atoms with van der Waals surface area (Å²) in [5.74, 6) is 0. The minimum Gasteiger partial charge on any atom is -0.378 e. The Labute approximate surface area is 129 Å². The predicted octanol–water partition coefficient (Wildman–Crippen LogP) is 3.26. The lowest BCUT2D eigenvalue weighted by atomic mass is 10.3. The summed E-state index contributed by atoms with van der Waals surface area (Å²) in [6.07, 6.45) is 4.15. The smallest absolute Gasteiger partial charge is 0.378 e. The maximum Gasteiger partial charge on any atom is 0.408 e.